The molecule has 0 aliphatic carbocycles. The zero-order valence-electron chi connectivity index (χ0n) is 10.8. The molecule has 0 spiro atoms. The number of hydrogen-bond acceptors (Lipinski definition) is 6. The number of aliphatic hydroxyl groups excluding tert-OH is 2. The van der Waals surface area contributed by atoms with Crippen LogP contribution in [0.25, 0.3) is 11.2 Å². The number of rotatable bonds is 2. The van der Waals surface area contributed by atoms with Crippen LogP contribution >= 0.6 is 0 Å². The van der Waals surface area contributed by atoms with Crippen molar-refractivity contribution in [2.45, 2.75) is 38.7 Å². The Bertz CT molecular complexity index is 612. The molecule has 0 saturated carbocycles. The van der Waals surface area contributed by atoms with E-state index in [1.54, 1.807) is 10.9 Å². The Morgan fingerprint density at radius 2 is 2.21 bits per heavy atom. The molecule has 1 aliphatic heterocycles. The zero-order valence-corrected chi connectivity index (χ0v) is 10.8. The third-order valence-electron chi connectivity index (χ3n) is 3.40. The van der Waals surface area contributed by atoms with Gasteiger partial charge in [0.05, 0.1) is 24.7 Å². The first kappa shape index (κ1) is 12.5. The number of fused-ring (bicyclic) bond motifs is 1. The first-order valence-electron chi connectivity index (χ1n) is 6.22. The molecule has 102 valence electrons. The van der Waals surface area contributed by atoms with Gasteiger partial charge in [-0.25, -0.2) is 15.0 Å². The normalized spacial score (nSPS) is 27.3. The molecule has 2 N–H and O–H groups in total. The van der Waals surface area contributed by atoms with E-state index in [2.05, 4.69) is 15.0 Å². The van der Waals surface area contributed by atoms with E-state index < -0.39 is 12.2 Å². The van der Waals surface area contributed by atoms with Crippen LogP contribution in [0.2, 0.25) is 0 Å². The van der Waals surface area contributed by atoms with Crippen molar-refractivity contribution < 1.29 is 14.9 Å². The van der Waals surface area contributed by atoms with Gasteiger partial charge in [0.15, 0.2) is 5.65 Å². The summed E-state index contributed by atoms with van der Waals surface area (Å²) in [5.41, 5.74) is 2.25. The maximum Gasteiger partial charge on any atom is 0.165 e. The van der Waals surface area contributed by atoms with Gasteiger partial charge in [-0.3, -0.25) is 4.57 Å². The molecule has 0 amide bonds. The number of aliphatic hydroxyl groups is 2. The van der Waals surface area contributed by atoms with Crippen molar-refractivity contribution in [2.24, 2.45) is 0 Å². The van der Waals surface area contributed by atoms with Gasteiger partial charge in [0, 0.05) is 6.42 Å². The number of hydrogen-bond donors (Lipinski definition) is 2. The molecular formula is C12H16N4O3. The molecule has 19 heavy (non-hydrogen) atoms. The second-order valence-electron chi connectivity index (χ2n) is 4.80. The van der Waals surface area contributed by atoms with Crippen molar-refractivity contribution in [3.63, 3.8) is 0 Å². The van der Waals surface area contributed by atoms with Crippen LogP contribution < -0.4 is 0 Å². The first-order chi connectivity index (χ1) is 9.10. The highest BCUT2D eigenvalue weighted by atomic mass is 16.5. The lowest BCUT2D eigenvalue weighted by atomic mass is 10.2. The Kier molecular flexibility index (Phi) is 2.96. The minimum atomic E-state index is -0.670. The Hall–Kier alpha value is -1.57. The molecule has 7 nitrogen and oxygen atoms in total. The molecule has 7 heteroatoms. The summed E-state index contributed by atoms with van der Waals surface area (Å²) in [6, 6.07) is 0. The van der Waals surface area contributed by atoms with E-state index in [-0.39, 0.29) is 12.8 Å². The molecule has 2 aromatic rings. The smallest absolute Gasteiger partial charge is 0.165 e. The highest BCUT2D eigenvalue weighted by Gasteiger charge is 2.35. The Morgan fingerprint density at radius 3 is 2.89 bits per heavy atom. The molecule has 0 bridgehead atoms. The molecule has 1 fully saturated rings. The van der Waals surface area contributed by atoms with Crippen LogP contribution in [0.15, 0.2) is 6.33 Å². The van der Waals surface area contributed by atoms with Gasteiger partial charge in [-0.1, -0.05) is 0 Å². The van der Waals surface area contributed by atoms with Crippen molar-refractivity contribution in [3.05, 3.63) is 17.8 Å². The third kappa shape index (κ3) is 1.99. The van der Waals surface area contributed by atoms with Crippen LogP contribution in [0.5, 0.6) is 0 Å². The van der Waals surface area contributed by atoms with Gasteiger partial charge in [0.1, 0.15) is 23.7 Å². The van der Waals surface area contributed by atoms with E-state index in [0.717, 1.165) is 11.2 Å². The van der Waals surface area contributed by atoms with Gasteiger partial charge in [0.25, 0.3) is 0 Å². The van der Waals surface area contributed by atoms with E-state index >= 15 is 0 Å². The maximum atomic E-state index is 9.79. The zero-order chi connectivity index (χ0) is 13.6. The second kappa shape index (κ2) is 4.52. The standard InChI is InChI=1S/C12H16N4O3/c1-6-11-12(15-7(2)14-6)16(5-13-11)10-3-8(18)9(4-17)19-10/h5,8-10,17-18H,3-4H2,1-2H3. The maximum absolute atomic E-state index is 9.79. The van der Waals surface area contributed by atoms with Crippen molar-refractivity contribution in [3.8, 4) is 0 Å². The summed E-state index contributed by atoms with van der Waals surface area (Å²) in [5.74, 6) is 0.670. The fraction of sp³-hybridized carbons (Fsp3) is 0.583. The summed E-state index contributed by atoms with van der Waals surface area (Å²) in [7, 11) is 0. The predicted molar refractivity (Wildman–Crippen MR) is 66.4 cm³/mol. The number of aryl methyl sites for hydroxylation is 2. The fourth-order valence-corrected chi connectivity index (χ4v) is 2.46. The van der Waals surface area contributed by atoms with Crippen LogP contribution in [-0.2, 0) is 4.74 Å². The lowest BCUT2D eigenvalue weighted by Gasteiger charge is -2.13. The van der Waals surface area contributed by atoms with Crippen LogP contribution in [-0.4, -0.2) is 48.5 Å². The number of imidazole rings is 1. The summed E-state index contributed by atoms with van der Waals surface area (Å²) in [6.07, 6.45) is 0.482. The predicted octanol–water partition coefficient (Wildman–Crippen LogP) is 0.0838. The Labute approximate surface area is 109 Å². The highest BCUT2D eigenvalue weighted by Crippen LogP contribution is 2.30. The molecule has 3 rings (SSSR count). The number of aromatic nitrogens is 4. The Balaban J connectivity index is 2.02. The van der Waals surface area contributed by atoms with Crippen molar-refractivity contribution in [1.29, 1.82) is 0 Å². The van der Waals surface area contributed by atoms with Gasteiger partial charge in [0.2, 0.25) is 0 Å². The van der Waals surface area contributed by atoms with E-state index in [1.807, 2.05) is 13.8 Å². The van der Waals surface area contributed by atoms with Gasteiger partial charge in [-0.2, -0.15) is 0 Å². The molecule has 0 radical (unpaired) electrons. The molecule has 3 unspecified atom stereocenters. The molecule has 3 atom stereocenters. The van der Waals surface area contributed by atoms with Crippen LogP contribution in [0.3, 0.4) is 0 Å². The first-order valence-corrected chi connectivity index (χ1v) is 6.22. The summed E-state index contributed by atoms with van der Waals surface area (Å²) >= 11 is 0. The van der Waals surface area contributed by atoms with E-state index in [4.69, 9.17) is 9.84 Å². The van der Waals surface area contributed by atoms with Crippen LogP contribution in [0.4, 0.5) is 0 Å². The minimum Gasteiger partial charge on any atom is -0.394 e. The van der Waals surface area contributed by atoms with Gasteiger partial charge in [-0.15, -0.1) is 0 Å². The molecule has 3 heterocycles. The molecule has 2 aromatic heterocycles. The lowest BCUT2D eigenvalue weighted by molar-refractivity contribution is -0.0432. The topological polar surface area (TPSA) is 93.3 Å². The second-order valence-corrected chi connectivity index (χ2v) is 4.80. The SMILES string of the molecule is Cc1nc(C)c2ncn(C3CC(O)C(CO)O3)c2n1. The van der Waals surface area contributed by atoms with Gasteiger partial charge < -0.3 is 14.9 Å². The summed E-state index contributed by atoms with van der Waals surface area (Å²) in [5, 5.41) is 18.9. The third-order valence-corrected chi connectivity index (χ3v) is 3.40. The lowest BCUT2D eigenvalue weighted by Crippen LogP contribution is -2.24. The van der Waals surface area contributed by atoms with E-state index in [0.29, 0.717) is 17.9 Å². The van der Waals surface area contributed by atoms with E-state index in [1.165, 1.54) is 0 Å². The molecule has 0 aromatic carbocycles. The highest BCUT2D eigenvalue weighted by molar-refractivity contribution is 5.73. The quantitative estimate of drug-likeness (QED) is 0.798. The number of nitrogens with zero attached hydrogens (tertiary/aromatic N) is 4. The molecule has 1 aliphatic rings. The van der Waals surface area contributed by atoms with Crippen molar-refractivity contribution in [2.75, 3.05) is 6.61 Å². The van der Waals surface area contributed by atoms with Crippen molar-refractivity contribution >= 4 is 11.2 Å². The van der Waals surface area contributed by atoms with Gasteiger partial charge in [-0.05, 0) is 13.8 Å². The largest absolute Gasteiger partial charge is 0.394 e. The Morgan fingerprint density at radius 1 is 1.42 bits per heavy atom. The fourth-order valence-electron chi connectivity index (χ4n) is 2.46. The summed E-state index contributed by atoms with van der Waals surface area (Å²) in [6.45, 7) is 3.51. The molecule has 1 saturated heterocycles. The number of ether oxygens (including phenoxy) is 1. The van der Waals surface area contributed by atoms with Crippen LogP contribution in [0, 0.1) is 13.8 Å². The average Bonchev–Trinajstić information content (AvgIpc) is 2.92. The van der Waals surface area contributed by atoms with Crippen molar-refractivity contribution in [1.82, 2.24) is 19.5 Å². The van der Waals surface area contributed by atoms with Gasteiger partial charge >= 0.3 is 0 Å². The monoisotopic (exact) mass is 264 g/mol. The van der Waals surface area contributed by atoms with Crippen LogP contribution in [0.1, 0.15) is 24.2 Å². The summed E-state index contributed by atoms with van der Waals surface area (Å²) in [4.78, 5) is 12.9. The summed E-state index contributed by atoms with van der Waals surface area (Å²) < 4.78 is 7.41. The minimum absolute atomic E-state index is 0.197. The molecular weight excluding hydrogens is 248 g/mol. The van der Waals surface area contributed by atoms with E-state index in [9.17, 15) is 5.11 Å². The average molecular weight is 264 g/mol.